The van der Waals surface area contributed by atoms with Gasteiger partial charge in [0.15, 0.2) is 0 Å². The molecular formula is C13H18O5S. The SMILES string of the molecule is CC(C)=C(O)C(O)COS(=O)(=O)c1ccc(C)cc1. The molecule has 1 aromatic rings. The van der Waals surface area contributed by atoms with E-state index in [4.69, 9.17) is 4.18 Å². The molecule has 0 aromatic heterocycles. The highest BCUT2D eigenvalue weighted by Gasteiger charge is 2.19. The van der Waals surface area contributed by atoms with Crippen LogP contribution in [0.5, 0.6) is 0 Å². The summed E-state index contributed by atoms with van der Waals surface area (Å²) in [5, 5.41) is 19.0. The molecule has 0 aliphatic carbocycles. The molecule has 0 fully saturated rings. The van der Waals surface area contributed by atoms with Crippen molar-refractivity contribution in [2.45, 2.75) is 31.8 Å². The Bertz CT molecular complexity index is 553. The van der Waals surface area contributed by atoms with E-state index < -0.39 is 22.8 Å². The van der Waals surface area contributed by atoms with Gasteiger partial charge in [-0.3, -0.25) is 4.18 Å². The second-order valence-corrected chi connectivity index (χ2v) is 6.07. The lowest BCUT2D eigenvalue weighted by molar-refractivity contribution is 0.0986. The second-order valence-electron chi connectivity index (χ2n) is 4.45. The van der Waals surface area contributed by atoms with Gasteiger partial charge in [-0.2, -0.15) is 8.42 Å². The molecule has 0 spiro atoms. The zero-order chi connectivity index (χ0) is 14.6. The molecule has 0 radical (unpaired) electrons. The minimum atomic E-state index is -3.93. The molecule has 5 nitrogen and oxygen atoms in total. The average Bonchev–Trinajstić information content (AvgIpc) is 2.35. The fourth-order valence-corrected chi connectivity index (χ4v) is 2.25. The molecule has 2 N–H and O–H groups in total. The standard InChI is InChI=1S/C13H18O5S/c1-9(2)13(15)12(14)8-18-19(16,17)11-6-4-10(3)5-7-11/h4-7,12,14-15H,8H2,1-3H3. The Balaban J connectivity index is 2.77. The van der Waals surface area contributed by atoms with Gasteiger partial charge in [0.05, 0.1) is 11.5 Å². The minimum absolute atomic E-state index is 0.0157. The van der Waals surface area contributed by atoms with E-state index >= 15 is 0 Å². The van der Waals surface area contributed by atoms with E-state index in [9.17, 15) is 18.6 Å². The monoisotopic (exact) mass is 286 g/mol. The van der Waals surface area contributed by atoms with Gasteiger partial charge in [0, 0.05) is 0 Å². The third-order valence-corrected chi connectivity index (χ3v) is 3.81. The lowest BCUT2D eigenvalue weighted by Crippen LogP contribution is -2.21. The van der Waals surface area contributed by atoms with Crippen LogP contribution in [-0.4, -0.2) is 31.3 Å². The molecule has 6 heteroatoms. The molecule has 0 heterocycles. The number of aliphatic hydroxyl groups excluding tert-OH is 2. The number of benzene rings is 1. The van der Waals surface area contributed by atoms with E-state index in [0.717, 1.165) is 5.56 Å². The first kappa shape index (κ1) is 15.7. The molecule has 1 rings (SSSR count). The summed E-state index contributed by atoms with van der Waals surface area (Å²) in [6, 6.07) is 6.16. The smallest absolute Gasteiger partial charge is 0.297 e. The number of rotatable bonds is 5. The largest absolute Gasteiger partial charge is 0.510 e. The van der Waals surface area contributed by atoms with Crippen LogP contribution in [0.2, 0.25) is 0 Å². The highest BCUT2D eigenvalue weighted by molar-refractivity contribution is 7.86. The Morgan fingerprint density at radius 3 is 2.26 bits per heavy atom. The fourth-order valence-electron chi connectivity index (χ4n) is 1.34. The topological polar surface area (TPSA) is 83.8 Å². The summed E-state index contributed by atoms with van der Waals surface area (Å²) in [4.78, 5) is 0.0157. The van der Waals surface area contributed by atoms with Gasteiger partial charge >= 0.3 is 0 Å². The normalized spacial score (nSPS) is 13.1. The van der Waals surface area contributed by atoms with Crippen molar-refractivity contribution in [3.05, 3.63) is 41.2 Å². The van der Waals surface area contributed by atoms with Crippen LogP contribution in [-0.2, 0) is 14.3 Å². The maximum Gasteiger partial charge on any atom is 0.297 e. The number of hydrogen-bond acceptors (Lipinski definition) is 5. The summed E-state index contributed by atoms with van der Waals surface area (Å²) in [6.07, 6.45) is -1.36. The molecule has 0 amide bonds. The van der Waals surface area contributed by atoms with Gasteiger partial charge in [0.1, 0.15) is 11.9 Å². The van der Waals surface area contributed by atoms with Crippen LogP contribution in [0.1, 0.15) is 19.4 Å². The lowest BCUT2D eigenvalue weighted by atomic mass is 10.2. The highest BCUT2D eigenvalue weighted by Crippen LogP contribution is 2.14. The molecule has 1 aromatic carbocycles. The molecular weight excluding hydrogens is 268 g/mol. The van der Waals surface area contributed by atoms with Crippen LogP contribution in [0.4, 0.5) is 0 Å². The molecule has 19 heavy (non-hydrogen) atoms. The predicted octanol–water partition coefficient (Wildman–Crippen LogP) is 1.91. The lowest BCUT2D eigenvalue weighted by Gasteiger charge is -2.12. The number of hydrogen-bond donors (Lipinski definition) is 2. The Morgan fingerprint density at radius 2 is 1.79 bits per heavy atom. The fraction of sp³-hybridized carbons (Fsp3) is 0.385. The number of allylic oxidation sites excluding steroid dienone is 1. The summed E-state index contributed by atoms with van der Waals surface area (Å²) < 4.78 is 28.3. The van der Waals surface area contributed by atoms with Gasteiger partial charge in [-0.05, 0) is 38.5 Å². The molecule has 0 saturated carbocycles. The van der Waals surface area contributed by atoms with Crippen LogP contribution in [0, 0.1) is 6.92 Å². The highest BCUT2D eigenvalue weighted by atomic mass is 32.2. The van der Waals surface area contributed by atoms with Crippen LogP contribution in [0.3, 0.4) is 0 Å². The summed E-state index contributed by atoms with van der Waals surface area (Å²) in [5.74, 6) is -0.279. The molecule has 0 aliphatic rings. The van der Waals surface area contributed by atoms with Crippen molar-refractivity contribution in [1.82, 2.24) is 0 Å². The molecule has 0 bridgehead atoms. The van der Waals surface area contributed by atoms with Crippen LogP contribution >= 0.6 is 0 Å². The third-order valence-electron chi connectivity index (χ3n) is 2.52. The van der Waals surface area contributed by atoms with Crippen molar-refractivity contribution in [3.63, 3.8) is 0 Å². The van der Waals surface area contributed by atoms with Crippen LogP contribution in [0.25, 0.3) is 0 Å². The summed E-state index contributed by atoms with van der Waals surface area (Å²) in [7, 11) is -3.93. The summed E-state index contributed by atoms with van der Waals surface area (Å²) >= 11 is 0. The Kier molecular flexibility index (Phi) is 5.11. The van der Waals surface area contributed by atoms with Gasteiger partial charge < -0.3 is 10.2 Å². The number of aryl methyl sites for hydroxylation is 1. The molecule has 1 atom stereocenters. The molecule has 1 unspecified atom stereocenters. The molecule has 106 valence electrons. The molecule has 0 saturated heterocycles. The maximum absolute atomic E-state index is 11.8. The second kappa shape index (κ2) is 6.18. The van der Waals surface area contributed by atoms with Gasteiger partial charge in [-0.1, -0.05) is 17.7 Å². The van der Waals surface area contributed by atoms with E-state index in [1.807, 2.05) is 6.92 Å². The summed E-state index contributed by atoms with van der Waals surface area (Å²) in [6.45, 7) is 4.53. The van der Waals surface area contributed by atoms with Crippen molar-refractivity contribution in [2.75, 3.05) is 6.61 Å². The Labute approximate surface area is 113 Å². The quantitative estimate of drug-likeness (QED) is 0.638. The number of aliphatic hydroxyl groups is 2. The van der Waals surface area contributed by atoms with E-state index in [2.05, 4.69) is 0 Å². The van der Waals surface area contributed by atoms with Crippen molar-refractivity contribution in [2.24, 2.45) is 0 Å². The summed E-state index contributed by atoms with van der Waals surface area (Å²) in [5.41, 5.74) is 1.44. The molecule has 0 aliphatic heterocycles. The van der Waals surface area contributed by atoms with E-state index in [1.165, 1.54) is 12.1 Å². The first-order valence-corrected chi connectivity index (χ1v) is 7.15. The third kappa shape index (κ3) is 4.34. The van der Waals surface area contributed by atoms with Crippen molar-refractivity contribution < 1.29 is 22.8 Å². The maximum atomic E-state index is 11.8. The zero-order valence-electron chi connectivity index (χ0n) is 11.1. The van der Waals surface area contributed by atoms with Crippen LogP contribution < -0.4 is 0 Å². The first-order chi connectivity index (χ1) is 8.74. The van der Waals surface area contributed by atoms with Crippen molar-refractivity contribution >= 4 is 10.1 Å². The average molecular weight is 286 g/mol. The van der Waals surface area contributed by atoms with Crippen molar-refractivity contribution in [1.29, 1.82) is 0 Å². The van der Waals surface area contributed by atoms with Crippen molar-refractivity contribution in [3.8, 4) is 0 Å². The van der Waals surface area contributed by atoms with Crippen LogP contribution in [0.15, 0.2) is 40.5 Å². The van der Waals surface area contributed by atoms with Gasteiger partial charge in [0.25, 0.3) is 10.1 Å². The van der Waals surface area contributed by atoms with E-state index in [0.29, 0.717) is 5.57 Å². The van der Waals surface area contributed by atoms with E-state index in [1.54, 1.807) is 26.0 Å². The first-order valence-electron chi connectivity index (χ1n) is 5.74. The Hall–Kier alpha value is -1.37. The minimum Gasteiger partial charge on any atom is -0.510 e. The Morgan fingerprint density at radius 1 is 1.26 bits per heavy atom. The predicted molar refractivity (Wildman–Crippen MR) is 71.3 cm³/mol. The van der Waals surface area contributed by atoms with E-state index in [-0.39, 0.29) is 10.7 Å². The van der Waals surface area contributed by atoms with Gasteiger partial charge in [-0.25, -0.2) is 0 Å². The zero-order valence-corrected chi connectivity index (χ0v) is 11.9. The van der Waals surface area contributed by atoms with Gasteiger partial charge in [0.2, 0.25) is 0 Å². The van der Waals surface area contributed by atoms with Gasteiger partial charge in [-0.15, -0.1) is 0 Å².